The number of ketones is 1. The fourth-order valence-electron chi connectivity index (χ4n) is 2.10. The van der Waals surface area contributed by atoms with E-state index in [1.165, 1.54) is 0 Å². The highest BCUT2D eigenvalue weighted by Crippen LogP contribution is 2.26. The SMILES string of the molecule is Cc1[nH]cc(-c2ccccc2)c1C(=O)CN(C)C. The molecule has 3 nitrogen and oxygen atoms in total. The molecule has 0 fully saturated rings. The third-order valence-electron chi connectivity index (χ3n) is 2.90. The average Bonchev–Trinajstić information content (AvgIpc) is 2.71. The van der Waals surface area contributed by atoms with E-state index in [2.05, 4.69) is 4.98 Å². The van der Waals surface area contributed by atoms with Gasteiger partial charge in [0.25, 0.3) is 0 Å². The summed E-state index contributed by atoms with van der Waals surface area (Å²) in [6.45, 7) is 2.37. The Balaban J connectivity index is 2.42. The van der Waals surface area contributed by atoms with Crippen molar-refractivity contribution in [1.29, 1.82) is 0 Å². The van der Waals surface area contributed by atoms with Crippen LogP contribution in [0.4, 0.5) is 0 Å². The third-order valence-corrected chi connectivity index (χ3v) is 2.90. The van der Waals surface area contributed by atoms with Crippen LogP contribution in [0.25, 0.3) is 11.1 Å². The number of rotatable bonds is 4. The molecule has 0 bridgehead atoms. The lowest BCUT2D eigenvalue weighted by atomic mass is 10.00. The molecule has 0 aliphatic carbocycles. The fraction of sp³-hybridized carbons (Fsp3) is 0.267. The standard InChI is InChI=1S/C15H18N2O/c1-11-15(14(18)10-17(2)3)13(9-16-11)12-7-5-4-6-8-12/h4-9,16H,10H2,1-3H3. The van der Waals surface area contributed by atoms with Gasteiger partial charge in [-0.2, -0.15) is 0 Å². The van der Waals surface area contributed by atoms with Gasteiger partial charge in [0.1, 0.15) is 0 Å². The van der Waals surface area contributed by atoms with E-state index < -0.39 is 0 Å². The van der Waals surface area contributed by atoms with E-state index in [9.17, 15) is 4.79 Å². The van der Waals surface area contributed by atoms with E-state index in [1.807, 2.05) is 62.4 Å². The van der Waals surface area contributed by atoms with Crippen molar-refractivity contribution in [2.75, 3.05) is 20.6 Å². The number of likely N-dealkylation sites (N-methyl/N-ethyl adjacent to an activating group) is 1. The van der Waals surface area contributed by atoms with Crippen molar-refractivity contribution in [1.82, 2.24) is 9.88 Å². The van der Waals surface area contributed by atoms with Gasteiger partial charge < -0.3 is 9.88 Å². The molecular weight excluding hydrogens is 224 g/mol. The Labute approximate surface area is 107 Å². The Bertz CT molecular complexity index is 541. The maximum absolute atomic E-state index is 12.3. The number of nitrogens with zero attached hydrogens (tertiary/aromatic N) is 1. The minimum Gasteiger partial charge on any atom is -0.364 e. The van der Waals surface area contributed by atoms with Crippen LogP contribution < -0.4 is 0 Å². The molecular formula is C15H18N2O. The molecule has 0 atom stereocenters. The molecule has 1 aromatic carbocycles. The smallest absolute Gasteiger partial charge is 0.179 e. The summed E-state index contributed by atoms with van der Waals surface area (Å²) in [7, 11) is 3.81. The number of carbonyl (C=O) groups is 1. The topological polar surface area (TPSA) is 36.1 Å². The predicted octanol–water partition coefficient (Wildman–Crippen LogP) is 2.73. The first kappa shape index (κ1) is 12.6. The number of aromatic amines is 1. The number of benzene rings is 1. The molecule has 1 aromatic heterocycles. The molecule has 2 aromatic rings. The normalized spacial score (nSPS) is 10.9. The largest absolute Gasteiger partial charge is 0.364 e. The molecule has 0 saturated heterocycles. The monoisotopic (exact) mass is 242 g/mol. The van der Waals surface area contributed by atoms with Crippen molar-refractivity contribution in [3.05, 3.63) is 47.8 Å². The average molecular weight is 242 g/mol. The predicted molar refractivity (Wildman–Crippen MR) is 73.9 cm³/mol. The van der Waals surface area contributed by atoms with Gasteiger partial charge in [-0.15, -0.1) is 0 Å². The number of aromatic nitrogens is 1. The molecule has 1 heterocycles. The number of hydrogen-bond donors (Lipinski definition) is 1. The molecule has 18 heavy (non-hydrogen) atoms. The van der Waals surface area contributed by atoms with Gasteiger partial charge in [-0.1, -0.05) is 30.3 Å². The summed E-state index contributed by atoms with van der Waals surface area (Å²) in [4.78, 5) is 17.3. The van der Waals surface area contributed by atoms with Crippen LogP contribution in [0.3, 0.4) is 0 Å². The highest BCUT2D eigenvalue weighted by Gasteiger charge is 2.17. The molecule has 0 aliphatic rings. The molecule has 0 aliphatic heterocycles. The van der Waals surface area contributed by atoms with Gasteiger partial charge in [0, 0.05) is 23.0 Å². The van der Waals surface area contributed by atoms with Crippen LogP contribution >= 0.6 is 0 Å². The fourth-order valence-corrected chi connectivity index (χ4v) is 2.10. The van der Waals surface area contributed by atoms with Gasteiger partial charge in [0.2, 0.25) is 0 Å². The van der Waals surface area contributed by atoms with Crippen LogP contribution in [-0.4, -0.2) is 36.3 Å². The van der Waals surface area contributed by atoms with E-state index in [4.69, 9.17) is 0 Å². The summed E-state index contributed by atoms with van der Waals surface area (Å²) in [5, 5.41) is 0. The Hall–Kier alpha value is -1.87. The van der Waals surface area contributed by atoms with Crippen LogP contribution in [-0.2, 0) is 0 Å². The highest BCUT2D eigenvalue weighted by molar-refractivity contribution is 6.04. The highest BCUT2D eigenvalue weighted by atomic mass is 16.1. The van der Waals surface area contributed by atoms with E-state index in [0.29, 0.717) is 6.54 Å². The first-order chi connectivity index (χ1) is 8.59. The van der Waals surface area contributed by atoms with Gasteiger partial charge in [0.15, 0.2) is 5.78 Å². The lowest BCUT2D eigenvalue weighted by Crippen LogP contribution is -2.22. The molecule has 0 unspecified atom stereocenters. The zero-order valence-electron chi connectivity index (χ0n) is 11.0. The van der Waals surface area contributed by atoms with E-state index in [-0.39, 0.29) is 5.78 Å². The summed E-state index contributed by atoms with van der Waals surface area (Å²) >= 11 is 0. The first-order valence-electron chi connectivity index (χ1n) is 6.01. The summed E-state index contributed by atoms with van der Waals surface area (Å²) in [6, 6.07) is 9.99. The van der Waals surface area contributed by atoms with Gasteiger partial charge in [-0.05, 0) is 26.6 Å². The lowest BCUT2D eigenvalue weighted by Gasteiger charge is -2.10. The van der Waals surface area contributed by atoms with Crippen LogP contribution in [0.2, 0.25) is 0 Å². The lowest BCUT2D eigenvalue weighted by molar-refractivity contribution is 0.0958. The van der Waals surface area contributed by atoms with E-state index in [1.54, 1.807) is 0 Å². The van der Waals surface area contributed by atoms with Crippen LogP contribution in [0.15, 0.2) is 36.5 Å². The van der Waals surface area contributed by atoms with Crippen LogP contribution in [0.1, 0.15) is 16.1 Å². The molecule has 94 valence electrons. The zero-order valence-corrected chi connectivity index (χ0v) is 11.0. The summed E-state index contributed by atoms with van der Waals surface area (Å²) in [5.41, 5.74) is 3.79. The Morgan fingerprint density at radius 3 is 2.50 bits per heavy atom. The van der Waals surface area contributed by atoms with E-state index in [0.717, 1.165) is 22.4 Å². The van der Waals surface area contributed by atoms with Gasteiger partial charge in [-0.3, -0.25) is 4.79 Å². The molecule has 3 heteroatoms. The Morgan fingerprint density at radius 1 is 1.22 bits per heavy atom. The summed E-state index contributed by atoms with van der Waals surface area (Å²) in [5.74, 6) is 0.151. The van der Waals surface area contributed by atoms with Crippen LogP contribution in [0.5, 0.6) is 0 Å². The minimum absolute atomic E-state index is 0.151. The van der Waals surface area contributed by atoms with Gasteiger partial charge >= 0.3 is 0 Å². The van der Waals surface area contributed by atoms with Crippen molar-refractivity contribution in [3.63, 3.8) is 0 Å². The molecule has 0 amide bonds. The van der Waals surface area contributed by atoms with E-state index >= 15 is 0 Å². The Morgan fingerprint density at radius 2 is 1.89 bits per heavy atom. The van der Waals surface area contributed by atoms with Crippen molar-refractivity contribution >= 4 is 5.78 Å². The molecule has 0 spiro atoms. The van der Waals surface area contributed by atoms with Crippen molar-refractivity contribution in [3.8, 4) is 11.1 Å². The number of H-pyrrole nitrogens is 1. The first-order valence-corrected chi connectivity index (χ1v) is 6.01. The second kappa shape index (κ2) is 5.19. The molecule has 0 radical (unpaired) electrons. The number of aryl methyl sites for hydroxylation is 1. The number of carbonyl (C=O) groups excluding carboxylic acids is 1. The minimum atomic E-state index is 0.151. The van der Waals surface area contributed by atoms with Gasteiger partial charge in [0.05, 0.1) is 6.54 Å². The molecule has 1 N–H and O–H groups in total. The summed E-state index contributed by atoms with van der Waals surface area (Å²) in [6.07, 6.45) is 1.91. The maximum atomic E-state index is 12.3. The van der Waals surface area contributed by atoms with Gasteiger partial charge in [-0.25, -0.2) is 0 Å². The zero-order chi connectivity index (χ0) is 13.1. The Kier molecular flexibility index (Phi) is 3.63. The second-order valence-corrected chi connectivity index (χ2v) is 4.73. The molecule has 0 saturated carbocycles. The van der Waals surface area contributed by atoms with Crippen LogP contribution in [0, 0.1) is 6.92 Å². The number of Topliss-reactive ketones (excluding diaryl/α,β-unsaturated/α-hetero) is 1. The second-order valence-electron chi connectivity index (χ2n) is 4.73. The van der Waals surface area contributed by atoms with Crippen molar-refractivity contribution in [2.24, 2.45) is 0 Å². The third kappa shape index (κ3) is 2.51. The maximum Gasteiger partial charge on any atom is 0.179 e. The number of hydrogen-bond acceptors (Lipinski definition) is 2. The molecule has 2 rings (SSSR count). The quantitative estimate of drug-likeness (QED) is 0.837. The van der Waals surface area contributed by atoms with Crippen molar-refractivity contribution in [2.45, 2.75) is 6.92 Å². The number of nitrogens with one attached hydrogen (secondary N) is 1. The summed E-state index contributed by atoms with van der Waals surface area (Å²) < 4.78 is 0. The van der Waals surface area contributed by atoms with Crippen molar-refractivity contribution < 1.29 is 4.79 Å².